The summed E-state index contributed by atoms with van der Waals surface area (Å²) in [5.74, 6) is 0.684. The quantitative estimate of drug-likeness (QED) is 0.741. The molecule has 1 fully saturated rings. The van der Waals surface area contributed by atoms with Gasteiger partial charge in [-0.3, -0.25) is 4.90 Å². The highest BCUT2D eigenvalue weighted by Crippen LogP contribution is 2.31. The molecule has 2 aliphatic rings. The number of morpholine rings is 1. The Kier molecular flexibility index (Phi) is 3.77. The third kappa shape index (κ3) is 2.65. The minimum atomic E-state index is 0.604. The van der Waals surface area contributed by atoms with Gasteiger partial charge in [0.15, 0.2) is 0 Å². The van der Waals surface area contributed by atoms with Crippen LogP contribution in [-0.2, 0) is 4.74 Å². The van der Waals surface area contributed by atoms with Gasteiger partial charge < -0.3 is 4.74 Å². The van der Waals surface area contributed by atoms with Crippen LogP contribution in [-0.4, -0.2) is 37.2 Å². The first-order valence-corrected chi connectivity index (χ1v) is 6.97. The smallest absolute Gasteiger partial charge is 0.0594 e. The van der Waals surface area contributed by atoms with Gasteiger partial charge in [-0.2, -0.15) is 0 Å². The normalized spacial score (nSPS) is 29.3. The van der Waals surface area contributed by atoms with Crippen LogP contribution in [0.4, 0.5) is 0 Å². The van der Waals surface area contributed by atoms with Crippen molar-refractivity contribution < 1.29 is 4.74 Å². The average Bonchev–Trinajstić information content (AvgIpc) is 2.49. The number of allylic oxidation sites excluding steroid dienone is 1. The molecular formula is C16H21NO. The van der Waals surface area contributed by atoms with E-state index in [9.17, 15) is 0 Å². The summed E-state index contributed by atoms with van der Waals surface area (Å²) in [5, 5.41) is 0. The SMILES string of the molecule is C1=C[C@@H](N2CCOCC2)C[C@H](c2ccccc2)C1. The largest absolute Gasteiger partial charge is 0.379 e. The van der Waals surface area contributed by atoms with Gasteiger partial charge in [0.1, 0.15) is 0 Å². The molecule has 18 heavy (non-hydrogen) atoms. The summed E-state index contributed by atoms with van der Waals surface area (Å²) in [7, 11) is 0. The molecule has 96 valence electrons. The first kappa shape index (κ1) is 11.9. The van der Waals surface area contributed by atoms with E-state index in [2.05, 4.69) is 47.4 Å². The fourth-order valence-corrected chi connectivity index (χ4v) is 3.04. The maximum absolute atomic E-state index is 5.44. The van der Waals surface area contributed by atoms with E-state index in [0.29, 0.717) is 12.0 Å². The molecule has 0 aromatic heterocycles. The van der Waals surface area contributed by atoms with Gasteiger partial charge in [-0.1, -0.05) is 42.5 Å². The number of ether oxygens (including phenoxy) is 1. The summed E-state index contributed by atoms with van der Waals surface area (Å²) in [6.07, 6.45) is 7.19. The lowest BCUT2D eigenvalue weighted by atomic mass is 9.85. The first-order chi connectivity index (χ1) is 8.93. The topological polar surface area (TPSA) is 12.5 Å². The third-order valence-electron chi connectivity index (χ3n) is 4.09. The van der Waals surface area contributed by atoms with Crippen molar-refractivity contribution in [2.45, 2.75) is 24.8 Å². The van der Waals surface area contributed by atoms with Crippen LogP contribution in [0.2, 0.25) is 0 Å². The van der Waals surface area contributed by atoms with E-state index in [4.69, 9.17) is 4.74 Å². The van der Waals surface area contributed by atoms with Crippen molar-refractivity contribution >= 4 is 0 Å². The Morgan fingerprint density at radius 2 is 1.83 bits per heavy atom. The molecule has 1 aliphatic heterocycles. The van der Waals surface area contributed by atoms with Crippen LogP contribution >= 0.6 is 0 Å². The summed E-state index contributed by atoms with van der Waals surface area (Å²) < 4.78 is 5.44. The van der Waals surface area contributed by atoms with Gasteiger partial charge >= 0.3 is 0 Å². The van der Waals surface area contributed by atoms with E-state index >= 15 is 0 Å². The van der Waals surface area contributed by atoms with Crippen molar-refractivity contribution in [3.63, 3.8) is 0 Å². The fraction of sp³-hybridized carbons (Fsp3) is 0.500. The Balaban J connectivity index is 1.68. The van der Waals surface area contributed by atoms with Crippen molar-refractivity contribution in [1.29, 1.82) is 0 Å². The van der Waals surface area contributed by atoms with Gasteiger partial charge in [0.2, 0.25) is 0 Å². The van der Waals surface area contributed by atoms with Gasteiger partial charge in [-0.05, 0) is 24.3 Å². The van der Waals surface area contributed by atoms with Gasteiger partial charge in [-0.15, -0.1) is 0 Å². The molecule has 1 heterocycles. The molecule has 0 N–H and O–H groups in total. The number of rotatable bonds is 2. The minimum absolute atomic E-state index is 0.604. The van der Waals surface area contributed by atoms with Crippen LogP contribution in [0, 0.1) is 0 Å². The number of hydrogen-bond donors (Lipinski definition) is 0. The lowest BCUT2D eigenvalue weighted by Crippen LogP contribution is -2.43. The zero-order valence-electron chi connectivity index (χ0n) is 10.8. The highest BCUT2D eigenvalue weighted by Gasteiger charge is 2.25. The molecule has 0 unspecified atom stereocenters. The molecule has 0 bridgehead atoms. The standard InChI is InChI=1S/C16H21NO/c1-2-5-14(6-3-1)15-7-4-8-16(13-15)17-9-11-18-12-10-17/h1-6,8,15-16H,7,9-13H2/t15-,16-/m1/s1. The van der Waals surface area contributed by atoms with Crippen LogP contribution in [0.15, 0.2) is 42.5 Å². The summed E-state index contributed by atoms with van der Waals surface area (Å²) in [4.78, 5) is 2.56. The van der Waals surface area contributed by atoms with E-state index in [1.54, 1.807) is 0 Å². The lowest BCUT2D eigenvalue weighted by molar-refractivity contribution is 0.0221. The Labute approximate surface area is 109 Å². The zero-order chi connectivity index (χ0) is 12.2. The summed E-state index contributed by atoms with van der Waals surface area (Å²) >= 11 is 0. The van der Waals surface area contributed by atoms with Crippen LogP contribution in [0.1, 0.15) is 24.3 Å². The molecule has 1 aliphatic carbocycles. The van der Waals surface area contributed by atoms with Crippen LogP contribution in [0.25, 0.3) is 0 Å². The molecule has 2 heteroatoms. The molecule has 0 amide bonds. The van der Waals surface area contributed by atoms with E-state index in [0.717, 1.165) is 26.3 Å². The van der Waals surface area contributed by atoms with Crippen molar-refractivity contribution in [2.75, 3.05) is 26.3 Å². The molecule has 0 spiro atoms. The molecule has 1 aromatic rings. The van der Waals surface area contributed by atoms with Gasteiger partial charge in [0.25, 0.3) is 0 Å². The van der Waals surface area contributed by atoms with E-state index < -0.39 is 0 Å². The number of hydrogen-bond acceptors (Lipinski definition) is 2. The molecule has 0 saturated carbocycles. The predicted octanol–water partition coefficient (Wildman–Crippen LogP) is 2.82. The molecule has 3 rings (SSSR count). The Hall–Kier alpha value is -1.12. The second kappa shape index (κ2) is 5.68. The summed E-state index contributed by atoms with van der Waals surface area (Å²) in [6, 6.07) is 11.5. The maximum Gasteiger partial charge on any atom is 0.0594 e. The van der Waals surface area contributed by atoms with Gasteiger partial charge in [-0.25, -0.2) is 0 Å². The first-order valence-electron chi connectivity index (χ1n) is 6.97. The second-order valence-corrected chi connectivity index (χ2v) is 5.22. The van der Waals surface area contributed by atoms with Crippen LogP contribution < -0.4 is 0 Å². The zero-order valence-corrected chi connectivity index (χ0v) is 10.8. The van der Waals surface area contributed by atoms with E-state index in [1.165, 1.54) is 18.4 Å². The minimum Gasteiger partial charge on any atom is -0.379 e. The fourth-order valence-electron chi connectivity index (χ4n) is 3.04. The Bertz CT molecular complexity index is 395. The average molecular weight is 243 g/mol. The van der Waals surface area contributed by atoms with E-state index in [1.807, 2.05) is 0 Å². The maximum atomic E-state index is 5.44. The molecule has 1 saturated heterocycles. The van der Waals surface area contributed by atoms with Gasteiger partial charge in [0, 0.05) is 19.1 Å². The Morgan fingerprint density at radius 1 is 1.06 bits per heavy atom. The van der Waals surface area contributed by atoms with E-state index in [-0.39, 0.29) is 0 Å². The lowest BCUT2D eigenvalue weighted by Gasteiger charge is -2.36. The van der Waals surface area contributed by atoms with Crippen LogP contribution in [0.5, 0.6) is 0 Å². The van der Waals surface area contributed by atoms with Crippen molar-refractivity contribution in [3.05, 3.63) is 48.0 Å². The molecule has 2 nitrogen and oxygen atoms in total. The highest BCUT2D eigenvalue weighted by atomic mass is 16.5. The monoisotopic (exact) mass is 243 g/mol. The summed E-state index contributed by atoms with van der Waals surface area (Å²) in [6.45, 7) is 3.94. The highest BCUT2D eigenvalue weighted by molar-refractivity contribution is 5.23. The van der Waals surface area contributed by atoms with Crippen molar-refractivity contribution in [2.24, 2.45) is 0 Å². The number of benzene rings is 1. The van der Waals surface area contributed by atoms with Gasteiger partial charge in [0.05, 0.1) is 13.2 Å². The predicted molar refractivity (Wildman–Crippen MR) is 73.7 cm³/mol. The molecule has 2 atom stereocenters. The second-order valence-electron chi connectivity index (χ2n) is 5.22. The Morgan fingerprint density at radius 3 is 2.61 bits per heavy atom. The molecular weight excluding hydrogens is 222 g/mol. The molecule has 0 radical (unpaired) electrons. The van der Waals surface area contributed by atoms with Crippen LogP contribution in [0.3, 0.4) is 0 Å². The van der Waals surface area contributed by atoms with Crippen molar-refractivity contribution in [1.82, 2.24) is 4.90 Å². The van der Waals surface area contributed by atoms with Crippen molar-refractivity contribution in [3.8, 4) is 0 Å². The third-order valence-corrected chi connectivity index (χ3v) is 4.09. The number of nitrogens with zero attached hydrogens (tertiary/aromatic N) is 1. The summed E-state index contributed by atoms with van der Waals surface area (Å²) in [5.41, 5.74) is 1.49. The molecule has 1 aromatic carbocycles.